The summed E-state index contributed by atoms with van der Waals surface area (Å²) < 4.78 is 5.21. The van der Waals surface area contributed by atoms with Gasteiger partial charge in [-0.15, -0.1) is 0 Å². The summed E-state index contributed by atoms with van der Waals surface area (Å²) >= 11 is 0. The van der Waals surface area contributed by atoms with Crippen LogP contribution in [0.4, 0.5) is 0 Å². The van der Waals surface area contributed by atoms with Gasteiger partial charge in [0.2, 0.25) is 0 Å². The van der Waals surface area contributed by atoms with Gasteiger partial charge in [-0.1, -0.05) is 27.7 Å². The van der Waals surface area contributed by atoms with Crippen LogP contribution in [0.5, 0.6) is 0 Å². The van der Waals surface area contributed by atoms with Crippen molar-refractivity contribution in [2.24, 2.45) is 29.1 Å². The molecular formula is C15H28O3. The van der Waals surface area contributed by atoms with Crippen molar-refractivity contribution in [3.8, 4) is 0 Å². The average Bonchev–Trinajstić information content (AvgIpc) is 2.27. The number of rotatable bonds is 4. The maximum Gasteiger partial charge on any atom is 0.306 e. The van der Waals surface area contributed by atoms with E-state index in [1.165, 1.54) is 0 Å². The fourth-order valence-electron chi connectivity index (χ4n) is 3.31. The molecule has 1 fully saturated rings. The molecule has 18 heavy (non-hydrogen) atoms. The lowest BCUT2D eigenvalue weighted by molar-refractivity contribution is -0.147. The van der Waals surface area contributed by atoms with Crippen LogP contribution >= 0.6 is 0 Å². The van der Waals surface area contributed by atoms with E-state index in [4.69, 9.17) is 4.74 Å². The zero-order valence-corrected chi connectivity index (χ0v) is 12.4. The molecule has 0 amide bonds. The quantitative estimate of drug-likeness (QED) is 0.838. The Kier molecular flexibility index (Phi) is 5.20. The first-order chi connectivity index (χ1) is 8.27. The molecule has 1 rings (SSSR count). The molecular weight excluding hydrogens is 228 g/mol. The molecule has 1 aliphatic carbocycles. The predicted octanol–water partition coefficient (Wildman–Crippen LogP) is 3.43. The third-order valence-corrected chi connectivity index (χ3v) is 4.60. The molecule has 106 valence electrons. The maximum absolute atomic E-state index is 11.4. The van der Waals surface area contributed by atoms with Crippen molar-refractivity contribution in [2.45, 2.75) is 47.0 Å². The van der Waals surface area contributed by atoms with Gasteiger partial charge in [0.05, 0.1) is 5.92 Å². The molecule has 1 N–H and O–H groups in total. The summed E-state index contributed by atoms with van der Waals surface area (Å²) in [5.41, 5.74) is 0.272. The Morgan fingerprint density at radius 3 is 2.44 bits per heavy atom. The van der Waals surface area contributed by atoms with Crippen molar-refractivity contribution < 1.29 is 14.6 Å². The summed E-state index contributed by atoms with van der Waals surface area (Å²) in [6.45, 7) is 9.56. The van der Waals surface area contributed by atoms with E-state index in [9.17, 15) is 9.90 Å². The van der Waals surface area contributed by atoms with E-state index < -0.39 is 5.97 Å². The predicted molar refractivity (Wildman–Crippen MR) is 72.5 cm³/mol. The van der Waals surface area contributed by atoms with Gasteiger partial charge in [0.15, 0.2) is 0 Å². The van der Waals surface area contributed by atoms with E-state index in [-0.39, 0.29) is 17.3 Å². The number of hydrogen-bond donors (Lipinski definition) is 1. The topological polar surface area (TPSA) is 46.5 Å². The van der Waals surface area contributed by atoms with Gasteiger partial charge in [0, 0.05) is 13.7 Å². The smallest absolute Gasteiger partial charge is 0.306 e. The summed E-state index contributed by atoms with van der Waals surface area (Å²) in [4.78, 5) is 11.4. The maximum atomic E-state index is 11.4. The Morgan fingerprint density at radius 1 is 1.39 bits per heavy atom. The SMILES string of the molecule is COCC(C)C1CC(C(C)(C)C)CCC1C(=O)O. The molecule has 0 aromatic rings. The van der Waals surface area contributed by atoms with Gasteiger partial charge in [0.25, 0.3) is 0 Å². The zero-order chi connectivity index (χ0) is 13.9. The lowest BCUT2D eigenvalue weighted by atomic mass is 9.63. The fourth-order valence-corrected chi connectivity index (χ4v) is 3.31. The van der Waals surface area contributed by atoms with Crippen LogP contribution in [0.3, 0.4) is 0 Å². The van der Waals surface area contributed by atoms with Gasteiger partial charge < -0.3 is 9.84 Å². The Labute approximate surface area is 111 Å². The minimum atomic E-state index is -0.629. The Hall–Kier alpha value is -0.570. The molecule has 1 saturated carbocycles. The van der Waals surface area contributed by atoms with E-state index in [2.05, 4.69) is 27.7 Å². The fraction of sp³-hybridized carbons (Fsp3) is 0.933. The number of carboxylic acids is 1. The molecule has 4 atom stereocenters. The van der Waals surface area contributed by atoms with E-state index >= 15 is 0 Å². The van der Waals surface area contributed by atoms with Gasteiger partial charge in [-0.2, -0.15) is 0 Å². The van der Waals surface area contributed by atoms with Crippen LogP contribution in [0.1, 0.15) is 47.0 Å². The van der Waals surface area contributed by atoms with E-state index in [1.54, 1.807) is 7.11 Å². The molecule has 0 bridgehead atoms. The Balaban J connectivity index is 2.79. The van der Waals surface area contributed by atoms with Gasteiger partial charge in [-0.05, 0) is 42.4 Å². The minimum absolute atomic E-state index is 0.186. The highest BCUT2D eigenvalue weighted by molar-refractivity contribution is 5.70. The second kappa shape index (κ2) is 6.05. The lowest BCUT2D eigenvalue weighted by Crippen LogP contribution is -2.39. The van der Waals surface area contributed by atoms with Crippen LogP contribution in [0.15, 0.2) is 0 Å². The second-order valence-corrected chi connectivity index (χ2v) is 6.92. The minimum Gasteiger partial charge on any atom is -0.481 e. The number of hydrogen-bond acceptors (Lipinski definition) is 2. The van der Waals surface area contributed by atoms with Crippen LogP contribution in [0, 0.1) is 29.1 Å². The van der Waals surface area contributed by atoms with Crippen molar-refractivity contribution in [3.05, 3.63) is 0 Å². The van der Waals surface area contributed by atoms with Crippen LogP contribution in [-0.4, -0.2) is 24.8 Å². The molecule has 0 heterocycles. The van der Waals surface area contributed by atoms with Crippen molar-refractivity contribution in [1.82, 2.24) is 0 Å². The first-order valence-corrected chi connectivity index (χ1v) is 6.99. The third-order valence-electron chi connectivity index (χ3n) is 4.60. The van der Waals surface area contributed by atoms with E-state index in [1.807, 2.05) is 0 Å². The molecule has 0 saturated heterocycles. The molecule has 3 nitrogen and oxygen atoms in total. The molecule has 0 aromatic carbocycles. The summed E-state index contributed by atoms with van der Waals surface area (Å²) in [6, 6.07) is 0. The normalized spacial score (nSPS) is 31.1. The number of carboxylic acid groups (broad SMARTS) is 1. The van der Waals surface area contributed by atoms with Crippen LogP contribution in [0.2, 0.25) is 0 Å². The number of aliphatic carboxylic acids is 1. The molecule has 0 aliphatic heterocycles. The highest BCUT2D eigenvalue weighted by Gasteiger charge is 2.41. The lowest BCUT2D eigenvalue weighted by Gasteiger charge is -2.42. The summed E-state index contributed by atoms with van der Waals surface area (Å²) in [5.74, 6) is 0.378. The van der Waals surface area contributed by atoms with Crippen molar-refractivity contribution in [2.75, 3.05) is 13.7 Å². The monoisotopic (exact) mass is 256 g/mol. The Bertz CT molecular complexity index is 280. The van der Waals surface area contributed by atoms with Crippen LogP contribution < -0.4 is 0 Å². The molecule has 4 unspecified atom stereocenters. The summed E-state index contributed by atoms with van der Waals surface area (Å²) in [5, 5.41) is 9.37. The zero-order valence-electron chi connectivity index (χ0n) is 12.4. The molecule has 3 heteroatoms. The van der Waals surface area contributed by atoms with Crippen molar-refractivity contribution in [3.63, 3.8) is 0 Å². The first kappa shape index (κ1) is 15.5. The first-order valence-electron chi connectivity index (χ1n) is 6.99. The third kappa shape index (κ3) is 3.71. The van der Waals surface area contributed by atoms with Gasteiger partial charge >= 0.3 is 5.97 Å². The molecule has 0 spiro atoms. The van der Waals surface area contributed by atoms with E-state index in [0.29, 0.717) is 18.4 Å². The van der Waals surface area contributed by atoms with E-state index in [0.717, 1.165) is 19.3 Å². The second-order valence-electron chi connectivity index (χ2n) is 6.92. The number of carbonyl (C=O) groups is 1. The van der Waals surface area contributed by atoms with Crippen LogP contribution in [-0.2, 0) is 9.53 Å². The highest BCUT2D eigenvalue weighted by atomic mass is 16.5. The van der Waals surface area contributed by atoms with Gasteiger partial charge in [0.1, 0.15) is 0 Å². The standard InChI is InChI=1S/C15H28O3/c1-10(9-18-5)13-8-11(15(2,3)4)6-7-12(13)14(16)17/h10-13H,6-9H2,1-5H3,(H,16,17). The van der Waals surface area contributed by atoms with Gasteiger partial charge in [-0.3, -0.25) is 4.79 Å². The summed E-state index contributed by atoms with van der Waals surface area (Å²) in [7, 11) is 1.69. The number of methoxy groups -OCH3 is 1. The number of ether oxygens (including phenoxy) is 1. The van der Waals surface area contributed by atoms with Crippen molar-refractivity contribution >= 4 is 5.97 Å². The highest BCUT2D eigenvalue weighted by Crippen LogP contribution is 2.45. The molecule has 0 aromatic heterocycles. The molecule has 0 radical (unpaired) electrons. The van der Waals surface area contributed by atoms with Crippen LogP contribution in [0.25, 0.3) is 0 Å². The average molecular weight is 256 g/mol. The van der Waals surface area contributed by atoms with Gasteiger partial charge in [-0.25, -0.2) is 0 Å². The largest absolute Gasteiger partial charge is 0.481 e. The molecule has 1 aliphatic rings. The van der Waals surface area contributed by atoms with Crippen molar-refractivity contribution in [1.29, 1.82) is 0 Å². The summed E-state index contributed by atoms with van der Waals surface area (Å²) in [6.07, 6.45) is 2.87. The Morgan fingerprint density at radius 2 is 2.00 bits per heavy atom.